The fraction of sp³-hybridized carbons (Fsp3) is 0.750. The van der Waals surface area contributed by atoms with Gasteiger partial charge >= 0.3 is 17.1 Å². The van der Waals surface area contributed by atoms with Crippen molar-refractivity contribution < 1.29 is 36.1 Å². The van der Waals surface area contributed by atoms with E-state index < -0.39 is 0 Å². The maximum absolute atomic E-state index is 9.27. The van der Waals surface area contributed by atoms with Gasteiger partial charge in [-0.2, -0.15) is 0 Å². The van der Waals surface area contributed by atoms with Crippen molar-refractivity contribution in [2.45, 2.75) is 39.9 Å². The number of hydrogen-bond acceptors (Lipinski definition) is 4. The van der Waals surface area contributed by atoms with Gasteiger partial charge in [0.15, 0.2) is 0 Å². The quantitative estimate of drug-likeness (QED) is 0.533. The van der Waals surface area contributed by atoms with E-state index in [-0.39, 0.29) is 29.3 Å². The van der Waals surface area contributed by atoms with Crippen LogP contribution in [-0.2, 0) is 36.1 Å². The summed E-state index contributed by atoms with van der Waals surface area (Å²) in [5.41, 5.74) is 0. The maximum atomic E-state index is 9.27. The van der Waals surface area contributed by atoms with Crippen LogP contribution in [0.1, 0.15) is 27.7 Å². The number of hydrogen-bond donors (Lipinski definition) is 0. The molecule has 0 aliphatic rings. The molecular formula is C8H14FeO4. The SMILES string of the molecule is CC(C)O[C-]=O.CC(C)O[C-]=O.[Fe+2]. The number of ether oxygens (including phenoxy) is 2. The van der Waals surface area contributed by atoms with Crippen LogP contribution in [0.15, 0.2) is 0 Å². The van der Waals surface area contributed by atoms with E-state index in [0.29, 0.717) is 0 Å². The molecule has 0 aromatic rings. The molecule has 5 heteroatoms. The fourth-order valence-corrected chi connectivity index (χ4v) is 0.192. The van der Waals surface area contributed by atoms with E-state index in [1.165, 1.54) is 12.9 Å². The Morgan fingerprint density at radius 2 is 1.08 bits per heavy atom. The van der Waals surface area contributed by atoms with E-state index in [0.717, 1.165) is 0 Å². The first-order valence-corrected chi connectivity index (χ1v) is 3.60. The first kappa shape index (κ1) is 18.3. The minimum Gasteiger partial charge on any atom is -0.651 e. The van der Waals surface area contributed by atoms with Crippen molar-refractivity contribution >= 4 is 12.9 Å². The Morgan fingerprint density at radius 3 is 1.08 bits per heavy atom. The molecule has 0 spiro atoms. The van der Waals surface area contributed by atoms with E-state index in [4.69, 9.17) is 0 Å². The second-order valence-corrected chi connectivity index (χ2v) is 2.50. The first-order chi connectivity index (χ1) is 5.54. The summed E-state index contributed by atoms with van der Waals surface area (Å²) in [6.07, 6.45) is -0.0509. The third kappa shape index (κ3) is 34.4. The van der Waals surface area contributed by atoms with Crippen molar-refractivity contribution in [1.29, 1.82) is 0 Å². The number of carbonyl (C=O) groups excluding carboxylic acids is 2. The topological polar surface area (TPSA) is 52.6 Å². The van der Waals surface area contributed by atoms with Gasteiger partial charge in [0.25, 0.3) is 0 Å². The van der Waals surface area contributed by atoms with Gasteiger partial charge in [-0.15, -0.1) is 0 Å². The average molecular weight is 230 g/mol. The molecule has 4 nitrogen and oxygen atoms in total. The van der Waals surface area contributed by atoms with Crippen LogP contribution < -0.4 is 0 Å². The Balaban J connectivity index is -0.000000143. The van der Waals surface area contributed by atoms with Crippen LogP contribution in [0.5, 0.6) is 0 Å². The standard InChI is InChI=1S/2C4H7O2.Fe/c2*1-4(2)6-3-5;/h2*4H,1-2H3;/q2*-1;+2. The summed E-state index contributed by atoms with van der Waals surface area (Å²) >= 11 is 0. The van der Waals surface area contributed by atoms with Crippen LogP contribution in [0, 0.1) is 0 Å². The zero-order chi connectivity index (χ0) is 9.98. The van der Waals surface area contributed by atoms with Gasteiger partial charge in [-0.1, -0.05) is 12.9 Å². The molecule has 0 N–H and O–H groups in total. The van der Waals surface area contributed by atoms with Crippen molar-refractivity contribution in [2.75, 3.05) is 0 Å². The van der Waals surface area contributed by atoms with Gasteiger partial charge in [0.2, 0.25) is 0 Å². The van der Waals surface area contributed by atoms with Crippen LogP contribution in [-0.4, -0.2) is 25.2 Å². The molecule has 0 rings (SSSR count). The fourth-order valence-electron chi connectivity index (χ4n) is 0.192. The van der Waals surface area contributed by atoms with Gasteiger partial charge in [0.1, 0.15) is 0 Å². The summed E-state index contributed by atoms with van der Waals surface area (Å²) in [5.74, 6) is 0. The van der Waals surface area contributed by atoms with Crippen LogP contribution >= 0.6 is 0 Å². The number of rotatable bonds is 4. The third-order valence-electron chi connectivity index (χ3n) is 0.568. The molecule has 0 aromatic carbocycles. The van der Waals surface area contributed by atoms with Gasteiger partial charge in [-0.05, 0) is 27.7 Å². The predicted octanol–water partition coefficient (Wildman–Crippen LogP) is 0.955. The molecule has 0 unspecified atom stereocenters. The zero-order valence-corrected chi connectivity index (χ0v) is 9.25. The zero-order valence-electron chi connectivity index (χ0n) is 8.14. The Morgan fingerprint density at radius 1 is 0.846 bits per heavy atom. The van der Waals surface area contributed by atoms with E-state index in [1.807, 2.05) is 0 Å². The molecule has 0 bridgehead atoms. The molecule has 0 amide bonds. The molecule has 0 saturated heterocycles. The summed E-state index contributed by atoms with van der Waals surface area (Å²) in [4.78, 5) is 18.5. The first-order valence-electron chi connectivity index (χ1n) is 3.60. The summed E-state index contributed by atoms with van der Waals surface area (Å²) in [6, 6.07) is 0. The smallest absolute Gasteiger partial charge is 0.651 e. The molecule has 0 aliphatic carbocycles. The molecular weight excluding hydrogens is 216 g/mol. The molecule has 13 heavy (non-hydrogen) atoms. The van der Waals surface area contributed by atoms with Crippen molar-refractivity contribution in [2.24, 2.45) is 0 Å². The van der Waals surface area contributed by atoms with Crippen molar-refractivity contribution in [3.63, 3.8) is 0 Å². The second-order valence-electron chi connectivity index (χ2n) is 2.50. The van der Waals surface area contributed by atoms with Gasteiger partial charge < -0.3 is 19.1 Å². The summed E-state index contributed by atoms with van der Waals surface area (Å²) in [5, 5.41) is 0. The predicted molar refractivity (Wildman–Crippen MR) is 43.8 cm³/mol. The normalized spacial score (nSPS) is 7.85. The Hall–Kier alpha value is -0.541. The van der Waals surface area contributed by atoms with Gasteiger partial charge in [0.05, 0.1) is 12.2 Å². The molecule has 0 atom stereocenters. The van der Waals surface area contributed by atoms with E-state index in [2.05, 4.69) is 9.47 Å². The Labute approximate surface area is 89.4 Å². The van der Waals surface area contributed by atoms with Gasteiger partial charge in [-0.3, -0.25) is 0 Å². The third-order valence-corrected chi connectivity index (χ3v) is 0.568. The second kappa shape index (κ2) is 14.0. The van der Waals surface area contributed by atoms with Crippen LogP contribution in [0.3, 0.4) is 0 Å². The van der Waals surface area contributed by atoms with Crippen molar-refractivity contribution in [3.05, 3.63) is 0 Å². The van der Waals surface area contributed by atoms with Crippen molar-refractivity contribution in [1.82, 2.24) is 0 Å². The molecule has 0 aromatic heterocycles. The average Bonchev–Trinajstić information content (AvgIpc) is 1.87. The summed E-state index contributed by atoms with van der Waals surface area (Å²) in [7, 11) is 0. The molecule has 0 heterocycles. The monoisotopic (exact) mass is 230 g/mol. The molecule has 0 radical (unpaired) electrons. The largest absolute Gasteiger partial charge is 2.00 e. The molecule has 0 saturated carbocycles. The maximum Gasteiger partial charge on any atom is 2.00 e. The van der Waals surface area contributed by atoms with Gasteiger partial charge in [0, 0.05) is 0 Å². The molecule has 0 aliphatic heterocycles. The Bertz CT molecular complexity index is 101. The van der Waals surface area contributed by atoms with E-state index in [9.17, 15) is 9.59 Å². The van der Waals surface area contributed by atoms with E-state index >= 15 is 0 Å². The molecule has 0 fully saturated rings. The van der Waals surface area contributed by atoms with Crippen LogP contribution in [0.2, 0.25) is 0 Å². The Kier molecular flexibility index (Phi) is 19.7. The van der Waals surface area contributed by atoms with Crippen LogP contribution in [0.4, 0.5) is 0 Å². The van der Waals surface area contributed by atoms with E-state index in [1.54, 1.807) is 27.7 Å². The summed E-state index contributed by atoms with van der Waals surface area (Å²) < 4.78 is 8.47. The van der Waals surface area contributed by atoms with Gasteiger partial charge in [-0.25, -0.2) is 0 Å². The minimum atomic E-state index is -0.0255. The van der Waals surface area contributed by atoms with Crippen LogP contribution in [0.25, 0.3) is 0 Å². The van der Waals surface area contributed by atoms with Crippen molar-refractivity contribution in [3.8, 4) is 0 Å². The minimum absolute atomic E-state index is 0. The molecule has 78 valence electrons. The summed E-state index contributed by atoms with van der Waals surface area (Å²) in [6.45, 7) is 9.71.